The second-order valence-corrected chi connectivity index (χ2v) is 32.0. The van der Waals surface area contributed by atoms with Crippen molar-refractivity contribution in [3.05, 3.63) is 188 Å². The number of hydrogen-bond acceptors (Lipinski definition) is 18. The summed E-state index contributed by atoms with van der Waals surface area (Å²) in [7, 11) is 0. The molecule has 7 fully saturated rings. The highest BCUT2D eigenvalue weighted by molar-refractivity contribution is 6.24. The molecule has 24 heteroatoms. The quantitative estimate of drug-likeness (QED) is 0.0598. The van der Waals surface area contributed by atoms with E-state index in [0.29, 0.717) is 80.2 Å². The van der Waals surface area contributed by atoms with E-state index in [-0.39, 0.29) is 90.7 Å². The van der Waals surface area contributed by atoms with Gasteiger partial charge in [-0.3, -0.25) is 54.0 Å². The number of anilines is 6. The molecule has 8 heterocycles. The van der Waals surface area contributed by atoms with E-state index in [9.17, 15) is 44.1 Å². The maximum atomic E-state index is 16.0. The Labute approximate surface area is 635 Å². The highest BCUT2D eigenvalue weighted by Gasteiger charge is 2.56. The number of fused-ring (bicyclic) bond motifs is 2. The van der Waals surface area contributed by atoms with Gasteiger partial charge in [0.15, 0.2) is 0 Å². The van der Waals surface area contributed by atoms with Crippen LogP contribution in [0.2, 0.25) is 0 Å². The Hall–Kier alpha value is -11.4. The van der Waals surface area contributed by atoms with Gasteiger partial charge in [0.2, 0.25) is 23.6 Å². The smallest absolute Gasteiger partial charge is 0.262 e. The van der Waals surface area contributed by atoms with Crippen LogP contribution in [0.5, 0.6) is 0 Å². The van der Waals surface area contributed by atoms with Crippen LogP contribution in [-0.4, -0.2) is 130 Å². The molecule has 7 amide bonds. The van der Waals surface area contributed by atoms with Gasteiger partial charge in [0, 0.05) is 97.1 Å². The predicted molar refractivity (Wildman–Crippen MR) is 405 cm³/mol. The number of aryl methyl sites for hydroxylation is 5. The summed E-state index contributed by atoms with van der Waals surface area (Å²) in [6.07, 6.45) is 8.03. The summed E-state index contributed by atoms with van der Waals surface area (Å²) >= 11 is 0. The number of carbonyl (C=O) groups is 7. The first kappa shape index (κ1) is 71.5. The molecule has 6 aliphatic heterocycles. The van der Waals surface area contributed by atoms with Crippen LogP contribution >= 0.6 is 0 Å². The van der Waals surface area contributed by atoms with E-state index in [1.54, 1.807) is 6.07 Å². The van der Waals surface area contributed by atoms with Gasteiger partial charge >= 0.3 is 0 Å². The predicted octanol–water partition coefficient (Wildman–Crippen LogP) is 13.1. The van der Waals surface area contributed by atoms with Crippen molar-refractivity contribution in [1.29, 1.82) is 10.5 Å². The zero-order valence-electron chi connectivity index (χ0n) is 62.2. The van der Waals surface area contributed by atoms with Gasteiger partial charge in [-0.25, -0.2) is 8.78 Å². The molecule has 4 saturated heterocycles. The van der Waals surface area contributed by atoms with E-state index >= 15 is 8.78 Å². The van der Waals surface area contributed by atoms with Crippen LogP contribution in [0.3, 0.4) is 0 Å². The number of aromatic nitrogens is 2. The SMILES string of the molecule is Cc1ccc(-c2c(C)noc2C)cc1N(CC1CCC(Nc2cc3c(cc2F)C(=O)N(C2CCC(=O)NC2=O)C3=O)CC1)c1ccc(C2(C#N)CC2Cc2ccc(-c3c(C)noc3C)cc2N(CC2CCN(C3CN(c4cc5c(cc4F)CN(C4CCC(=O)NC4=O)C5=O)C3)CC2)c2ccc(C3(C#N)CC3)cc2)cc1. The zero-order chi connectivity index (χ0) is 76.3. The second-order valence-electron chi connectivity index (χ2n) is 32.0. The fourth-order valence-electron chi connectivity index (χ4n) is 18.6. The third-order valence-corrected chi connectivity index (χ3v) is 25.3. The molecule has 4 unspecified atom stereocenters. The lowest BCUT2D eigenvalue weighted by molar-refractivity contribution is -0.138. The largest absolute Gasteiger partial charge is 0.380 e. The van der Waals surface area contributed by atoms with Crippen LogP contribution < -0.4 is 30.7 Å². The number of likely N-dealkylation sites (tertiary alicyclic amines) is 1. The standard InChI is InChI=1S/C86H85F2N13O9/c1-47-6-9-55(78-48(2)94-109-50(78)4)34-73(47)98(40-52-7-16-61(17-8-52)91-70-37-67-66(36-68(70)87)83(107)101(84(67)108)72-23-25-77(103)93-81(72)105)62-20-14-59(15-21-62)86(46-90)39-60(86)32-54-10-11-56(79-49(3)95-110-51(79)5)35-74(54)99(63-18-12-58(13-19-63)85(45-89)28-29-85)41-53-26-30-96(31-27-53)64-43-97(44-64)75-38-65-57(33-69(75)88)42-100(82(65)106)71-22-24-76(102)92-80(71)104/h6,9-15,18-21,33-38,52-53,60-61,64,71-72,91H,7-8,16-17,22-32,39-44H2,1-5H3,(H,92,102,104)(H,93,103,105). The Morgan fingerprint density at radius 3 is 1.75 bits per heavy atom. The van der Waals surface area contributed by atoms with Gasteiger partial charge in [-0.05, 0) is 242 Å². The van der Waals surface area contributed by atoms with Crippen molar-refractivity contribution in [3.63, 3.8) is 0 Å². The van der Waals surface area contributed by atoms with Crippen LogP contribution in [0.4, 0.5) is 42.9 Å². The number of piperidine rings is 3. The van der Waals surface area contributed by atoms with Gasteiger partial charge in [-0.2, -0.15) is 10.5 Å². The first-order chi connectivity index (χ1) is 53.1. The Morgan fingerprint density at radius 2 is 1.17 bits per heavy atom. The summed E-state index contributed by atoms with van der Waals surface area (Å²) in [5.41, 5.74) is 13.5. The number of nitriles is 2. The third-order valence-electron chi connectivity index (χ3n) is 25.3. The molecule has 0 radical (unpaired) electrons. The maximum Gasteiger partial charge on any atom is 0.262 e. The van der Waals surface area contributed by atoms with Gasteiger partial charge in [-0.1, -0.05) is 58.8 Å². The van der Waals surface area contributed by atoms with Crippen LogP contribution in [0.25, 0.3) is 22.3 Å². The number of benzene rings is 6. The Bertz CT molecular complexity index is 5190. The Kier molecular flexibility index (Phi) is 18.2. The molecule has 2 aromatic heterocycles. The van der Waals surface area contributed by atoms with Crippen molar-refractivity contribution in [2.24, 2.45) is 17.8 Å². The van der Waals surface area contributed by atoms with Crippen molar-refractivity contribution < 1.29 is 51.4 Å². The summed E-state index contributed by atoms with van der Waals surface area (Å²) in [4.78, 5) is 102. The lowest BCUT2D eigenvalue weighted by Crippen LogP contribution is -2.61. The van der Waals surface area contributed by atoms with E-state index in [1.165, 1.54) is 17.0 Å². The molecule has 0 bridgehead atoms. The Morgan fingerprint density at radius 1 is 0.600 bits per heavy atom. The minimum Gasteiger partial charge on any atom is -0.380 e. The second kappa shape index (κ2) is 27.9. The van der Waals surface area contributed by atoms with Crippen molar-refractivity contribution in [2.75, 3.05) is 59.3 Å². The molecule has 17 rings (SSSR count). The zero-order valence-corrected chi connectivity index (χ0v) is 62.2. The molecule has 3 N–H and O–H groups in total. The number of halogens is 2. The molecular formula is C86H85F2N13O9. The van der Waals surface area contributed by atoms with Crippen LogP contribution in [0.15, 0.2) is 118 Å². The van der Waals surface area contributed by atoms with E-state index in [0.717, 1.165) is 141 Å². The highest BCUT2D eigenvalue weighted by Crippen LogP contribution is 2.57. The summed E-state index contributed by atoms with van der Waals surface area (Å²) in [5.74, 6) is -3.12. The van der Waals surface area contributed by atoms with Crippen molar-refractivity contribution >= 4 is 75.5 Å². The number of imide groups is 3. The summed E-state index contributed by atoms with van der Waals surface area (Å²) in [6.45, 7) is 14.2. The first-order valence-electron chi connectivity index (χ1n) is 38.5. The van der Waals surface area contributed by atoms with E-state index in [2.05, 4.69) is 145 Å². The minimum atomic E-state index is -1.17. The average Bonchev–Trinajstić information content (AvgIpc) is 1.57. The number of rotatable bonds is 20. The lowest BCUT2D eigenvalue weighted by atomic mass is 9.85. The monoisotopic (exact) mass is 1480 g/mol. The van der Waals surface area contributed by atoms with E-state index < -0.39 is 64.1 Å². The van der Waals surface area contributed by atoms with Crippen molar-refractivity contribution in [1.82, 2.24) is 35.6 Å². The van der Waals surface area contributed by atoms with E-state index in [4.69, 9.17) is 9.05 Å². The normalized spacial score (nSPS) is 23.2. The molecule has 3 aliphatic carbocycles. The molecule has 4 atom stereocenters. The number of hydrogen-bond donors (Lipinski definition) is 3. The summed E-state index contributed by atoms with van der Waals surface area (Å²) in [6, 6.07) is 39.1. The van der Waals surface area contributed by atoms with Gasteiger partial charge in [-0.15, -0.1) is 0 Å². The molecule has 9 aliphatic rings. The van der Waals surface area contributed by atoms with Gasteiger partial charge in [0.05, 0.1) is 56.9 Å². The number of nitrogens with one attached hydrogen (secondary N) is 3. The number of nitrogens with zero attached hydrogens (tertiary/aromatic N) is 10. The average molecular weight is 1480 g/mol. The third kappa shape index (κ3) is 12.8. The van der Waals surface area contributed by atoms with Gasteiger partial charge in [0.1, 0.15) is 35.2 Å². The fraction of sp³-hybridized carbons (Fsp3) is 0.407. The maximum absolute atomic E-state index is 16.0. The molecule has 562 valence electrons. The van der Waals surface area contributed by atoms with Crippen LogP contribution in [0.1, 0.15) is 165 Å². The molecule has 6 aromatic carbocycles. The summed E-state index contributed by atoms with van der Waals surface area (Å²) < 4.78 is 43.5. The van der Waals surface area contributed by atoms with Gasteiger partial charge < -0.3 is 34.0 Å². The molecule has 0 spiro atoms. The number of carbonyl (C=O) groups excluding carboxylic acids is 7. The molecule has 22 nitrogen and oxygen atoms in total. The van der Waals surface area contributed by atoms with Crippen LogP contribution in [0, 0.1) is 86.7 Å². The fourth-order valence-corrected chi connectivity index (χ4v) is 18.6. The Balaban J connectivity index is 0.613. The van der Waals surface area contributed by atoms with E-state index in [1.807, 2.05) is 32.6 Å². The van der Waals surface area contributed by atoms with Crippen molar-refractivity contribution in [2.45, 2.75) is 166 Å². The lowest BCUT2D eigenvalue weighted by Gasteiger charge is -2.49. The number of amides is 7. The molecule has 8 aromatic rings. The van der Waals surface area contributed by atoms with Crippen LogP contribution in [-0.2, 0) is 43.0 Å². The minimum absolute atomic E-state index is 0.00665. The van der Waals surface area contributed by atoms with Gasteiger partial charge in [0.25, 0.3) is 17.7 Å². The van der Waals surface area contributed by atoms with Crippen molar-refractivity contribution in [3.8, 4) is 34.4 Å². The molecule has 3 saturated carbocycles. The molecule has 110 heavy (non-hydrogen) atoms. The first-order valence-corrected chi connectivity index (χ1v) is 38.5. The topological polar surface area (TPSA) is 275 Å². The summed E-state index contributed by atoms with van der Waals surface area (Å²) in [5, 5.41) is 38.4. The molecular weight excluding hydrogens is 1400 g/mol. The highest BCUT2D eigenvalue weighted by atomic mass is 19.1.